The average molecular weight is 588 g/mol. The maximum absolute atomic E-state index is 6.76. The van der Waals surface area contributed by atoms with Crippen molar-refractivity contribution in [3.05, 3.63) is 152 Å². The van der Waals surface area contributed by atoms with Crippen molar-refractivity contribution in [3.8, 4) is 28.3 Å². The number of nitrogens with zero attached hydrogens (tertiary/aromatic N) is 3. The van der Waals surface area contributed by atoms with Crippen LogP contribution in [0.15, 0.2) is 156 Å². The Bertz CT molecular complexity index is 2790. The summed E-state index contributed by atoms with van der Waals surface area (Å²) in [5.74, 6) is 1.39. The highest BCUT2D eigenvalue weighted by molar-refractivity contribution is 6.25. The molecule has 0 saturated carbocycles. The Labute approximate surface area is 263 Å². The van der Waals surface area contributed by atoms with Gasteiger partial charge in [-0.25, -0.2) is 9.97 Å². The van der Waals surface area contributed by atoms with E-state index in [1.165, 1.54) is 32.7 Å². The van der Waals surface area contributed by atoms with E-state index in [1.807, 2.05) is 18.2 Å². The number of hydrogen-bond donors (Lipinski definition) is 0. The number of benzene rings is 7. The van der Waals surface area contributed by atoms with Gasteiger partial charge in [0.1, 0.15) is 11.1 Å². The van der Waals surface area contributed by atoms with Crippen LogP contribution in [0.3, 0.4) is 0 Å². The van der Waals surface area contributed by atoms with Crippen molar-refractivity contribution in [3.63, 3.8) is 0 Å². The van der Waals surface area contributed by atoms with E-state index in [4.69, 9.17) is 14.4 Å². The van der Waals surface area contributed by atoms with Crippen molar-refractivity contribution in [1.29, 1.82) is 0 Å². The third-order valence-electron chi connectivity index (χ3n) is 9.17. The molecule has 0 fully saturated rings. The van der Waals surface area contributed by atoms with Crippen LogP contribution in [0, 0.1) is 0 Å². The third kappa shape index (κ3) is 3.61. The summed E-state index contributed by atoms with van der Waals surface area (Å²) in [5, 5.41) is 8.04. The second kappa shape index (κ2) is 9.62. The van der Waals surface area contributed by atoms with Crippen molar-refractivity contribution < 1.29 is 4.42 Å². The molecule has 7 aromatic carbocycles. The van der Waals surface area contributed by atoms with Crippen LogP contribution in [0.2, 0.25) is 0 Å². The predicted octanol–water partition coefficient (Wildman–Crippen LogP) is 11.1. The molecule has 0 N–H and O–H groups in total. The zero-order valence-corrected chi connectivity index (χ0v) is 24.7. The van der Waals surface area contributed by atoms with Crippen LogP contribution in [-0.2, 0) is 0 Å². The minimum Gasteiger partial charge on any atom is -0.450 e. The van der Waals surface area contributed by atoms with Gasteiger partial charge >= 0.3 is 0 Å². The molecule has 0 bridgehead atoms. The zero-order valence-electron chi connectivity index (χ0n) is 24.7. The second-order valence-electron chi connectivity index (χ2n) is 11.8. The first-order valence-corrected chi connectivity index (χ1v) is 15.5. The molecule has 214 valence electrons. The molecule has 0 unspecified atom stereocenters. The number of furan rings is 1. The lowest BCUT2D eigenvalue weighted by Crippen LogP contribution is -2.01. The monoisotopic (exact) mass is 587 g/mol. The van der Waals surface area contributed by atoms with Crippen molar-refractivity contribution in [2.45, 2.75) is 0 Å². The maximum Gasteiger partial charge on any atom is 0.197 e. The van der Waals surface area contributed by atoms with Crippen molar-refractivity contribution in [2.75, 3.05) is 0 Å². The predicted molar refractivity (Wildman–Crippen MR) is 190 cm³/mol. The van der Waals surface area contributed by atoms with Gasteiger partial charge in [0.05, 0.1) is 11.0 Å². The van der Waals surface area contributed by atoms with E-state index in [9.17, 15) is 0 Å². The molecule has 10 aromatic rings. The topological polar surface area (TPSA) is 43.9 Å². The summed E-state index contributed by atoms with van der Waals surface area (Å²) in [6, 6.07) is 53.2. The minimum absolute atomic E-state index is 0.661. The summed E-state index contributed by atoms with van der Waals surface area (Å²) in [6.07, 6.45) is 0. The molecule has 0 amide bonds. The molecule has 4 heteroatoms. The van der Waals surface area contributed by atoms with E-state index in [0.717, 1.165) is 49.7 Å². The zero-order chi connectivity index (χ0) is 30.2. The fourth-order valence-corrected chi connectivity index (χ4v) is 7.10. The lowest BCUT2D eigenvalue weighted by molar-refractivity contribution is 0.663. The van der Waals surface area contributed by atoms with Gasteiger partial charge in [-0.1, -0.05) is 127 Å². The van der Waals surface area contributed by atoms with Gasteiger partial charge in [-0.05, 0) is 56.9 Å². The normalized spacial score (nSPS) is 11.9. The number of fused-ring (bicyclic) bond motifs is 9. The first-order chi connectivity index (χ1) is 22.8. The van der Waals surface area contributed by atoms with Gasteiger partial charge in [0.15, 0.2) is 17.2 Å². The van der Waals surface area contributed by atoms with Crippen molar-refractivity contribution in [2.24, 2.45) is 0 Å². The Morgan fingerprint density at radius 2 is 1.15 bits per heavy atom. The quantitative estimate of drug-likeness (QED) is 0.207. The highest BCUT2D eigenvalue weighted by Crippen LogP contribution is 2.43. The Morgan fingerprint density at radius 3 is 1.96 bits per heavy atom. The fraction of sp³-hybridized carbons (Fsp3) is 0. The van der Waals surface area contributed by atoms with Crippen LogP contribution in [0.4, 0.5) is 0 Å². The molecule has 0 atom stereocenters. The summed E-state index contributed by atoms with van der Waals surface area (Å²) in [5.41, 5.74) is 7.72. The minimum atomic E-state index is 0.661. The second-order valence-corrected chi connectivity index (χ2v) is 11.8. The summed E-state index contributed by atoms with van der Waals surface area (Å²) in [6.45, 7) is 0. The summed E-state index contributed by atoms with van der Waals surface area (Å²) in [4.78, 5) is 10.5. The number of aromatic nitrogens is 3. The molecule has 0 radical (unpaired) electrons. The molecule has 4 nitrogen and oxygen atoms in total. The van der Waals surface area contributed by atoms with Gasteiger partial charge in [0.25, 0.3) is 0 Å². The molecule has 10 rings (SSSR count). The van der Waals surface area contributed by atoms with E-state index >= 15 is 0 Å². The summed E-state index contributed by atoms with van der Waals surface area (Å²) >= 11 is 0. The van der Waals surface area contributed by atoms with E-state index in [2.05, 4.69) is 138 Å². The van der Waals surface area contributed by atoms with Gasteiger partial charge in [0.2, 0.25) is 0 Å². The molecule has 3 aromatic heterocycles. The van der Waals surface area contributed by atoms with Gasteiger partial charge in [0, 0.05) is 21.7 Å². The largest absolute Gasteiger partial charge is 0.450 e. The SMILES string of the molecule is c1ccc(-c2nc(-n3c4cccc(-c5ccccc5)c4c4c5ccccc5ccc43)c3oc4cc5ccccc5cc4c3n2)cc1. The molecular formula is C42H25N3O. The van der Waals surface area contributed by atoms with Crippen LogP contribution in [0.1, 0.15) is 0 Å². The van der Waals surface area contributed by atoms with E-state index in [1.54, 1.807) is 0 Å². The highest BCUT2D eigenvalue weighted by Gasteiger charge is 2.24. The van der Waals surface area contributed by atoms with Crippen LogP contribution in [0.5, 0.6) is 0 Å². The smallest absolute Gasteiger partial charge is 0.197 e. The van der Waals surface area contributed by atoms with Gasteiger partial charge in [-0.3, -0.25) is 4.57 Å². The molecule has 0 aliphatic heterocycles. The molecule has 0 saturated heterocycles. The van der Waals surface area contributed by atoms with Crippen LogP contribution in [-0.4, -0.2) is 14.5 Å². The summed E-state index contributed by atoms with van der Waals surface area (Å²) in [7, 11) is 0. The Hall–Kier alpha value is -6.26. The fourth-order valence-electron chi connectivity index (χ4n) is 7.10. The summed E-state index contributed by atoms with van der Waals surface area (Å²) < 4.78 is 9.04. The van der Waals surface area contributed by atoms with E-state index in [-0.39, 0.29) is 0 Å². The maximum atomic E-state index is 6.76. The van der Waals surface area contributed by atoms with Crippen LogP contribution >= 0.6 is 0 Å². The standard InChI is InChI=1S/C42H25N3O/c1-3-12-26(13-4-1)32-20-11-21-34-37(32)38-31-19-10-9-14-27(31)22-23-35(38)45(34)42-40-39(43-41(44-42)28-15-5-2-6-16-28)33-24-29-17-7-8-18-30(29)25-36(33)46-40/h1-25H. The van der Waals surface area contributed by atoms with E-state index < -0.39 is 0 Å². The van der Waals surface area contributed by atoms with Crippen LogP contribution < -0.4 is 0 Å². The molecule has 3 heterocycles. The van der Waals surface area contributed by atoms with Gasteiger partial charge in [-0.2, -0.15) is 0 Å². The Kier molecular flexibility index (Phi) is 5.25. The van der Waals surface area contributed by atoms with Gasteiger partial charge in [-0.15, -0.1) is 0 Å². The Balaban J connectivity index is 1.41. The molecule has 0 aliphatic carbocycles. The molecule has 0 aliphatic rings. The van der Waals surface area contributed by atoms with Gasteiger partial charge < -0.3 is 4.42 Å². The van der Waals surface area contributed by atoms with E-state index in [0.29, 0.717) is 11.4 Å². The third-order valence-corrected chi connectivity index (χ3v) is 9.17. The van der Waals surface area contributed by atoms with Crippen LogP contribution in [0.25, 0.3) is 93.8 Å². The van der Waals surface area contributed by atoms with Crippen molar-refractivity contribution >= 4 is 65.4 Å². The number of rotatable bonds is 3. The lowest BCUT2D eigenvalue weighted by Gasteiger charge is -2.10. The Morgan fingerprint density at radius 1 is 0.478 bits per heavy atom. The molecule has 46 heavy (non-hydrogen) atoms. The average Bonchev–Trinajstić information content (AvgIpc) is 3.66. The number of hydrogen-bond acceptors (Lipinski definition) is 3. The van der Waals surface area contributed by atoms with Crippen molar-refractivity contribution in [1.82, 2.24) is 14.5 Å². The lowest BCUT2D eigenvalue weighted by atomic mass is 9.97. The first-order valence-electron chi connectivity index (χ1n) is 15.5. The first kappa shape index (κ1) is 25.1. The molecular weight excluding hydrogens is 562 g/mol. The highest BCUT2D eigenvalue weighted by atomic mass is 16.3. The molecule has 0 spiro atoms.